The molecule has 0 fully saturated rings. The number of esters is 1. The number of ether oxygens (including phenoxy) is 1. The van der Waals surface area contributed by atoms with Gasteiger partial charge >= 0.3 is 11.7 Å². The summed E-state index contributed by atoms with van der Waals surface area (Å²) < 4.78 is 7.38. The van der Waals surface area contributed by atoms with Gasteiger partial charge in [-0.3, -0.25) is 13.9 Å². The van der Waals surface area contributed by atoms with Gasteiger partial charge in [-0.2, -0.15) is 4.98 Å². The molecular weight excluding hydrogens is 382 g/mol. The number of rotatable bonds is 2. The summed E-state index contributed by atoms with van der Waals surface area (Å²) in [6, 6.07) is 13.5. The van der Waals surface area contributed by atoms with E-state index in [4.69, 9.17) is 16.3 Å². The van der Waals surface area contributed by atoms with Gasteiger partial charge in [0.25, 0.3) is 5.56 Å². The van der Waals surface area contributed by atoms with Crippen molar-refractivity contribution in [2.24, 2.45) is 7.05 Å². The molecule has 0 N–H and O–H groups in total. The molecule has 0 amide bonds. The largest absolute Gasteiger partial charge is 0.465 e. The third-order valence-corrected chi connectivity index (χ3v) is 4.89. The van der Waals surface area contributed by atoms with Gasteiger partial charge < -0.3 is 4.74 Å². The van der Waals surface area contributed by atoms with Gasteiger partial charge in [0.05, 0.1) is 23.8 Å². The number of carbonyl (C=O) groups excluding carboxylic acids is 1. The van der Waals surface area contributed by atoms with Gasteiger partial charge in [0.1, 0.15) is 0 Å². The number of benzene rings is 2. The first-order valence-electron chi connectivity index (χ1n) is 8.32. The topological polar surface area (TPSA) is 83.2 Å². The number of hydrogen-bond acceptors (Lipinski definition) is 5. The Bertz CT molecular complexity index is 1340. The maximum absolute atomic E-state index is 12.7. The van der Waals surface area contributed by atoms with Crippen LogP contribution in [-0.2, 0) is 11.8 Å². The fourth-order valence-electron chi connectivity index (χ4n) is 3.16. The van der Waals surface area contributed by atoms with Crippen LogP contribution in [0.15, 0.2) is 58.1 Å². The first-order valence-corrected chi connectivity index (χ1v) is 8.70. The zero-order chi connectivity index (χ0) is 20.0. The monoisotopic (exact) mass is 395 g/mol. The zero-order valence-electron chi connectivity index (χ0n) is 15.0. The predicted octanol–water partition coefficient (Wildman–Crippen LogP) is 2.63. The number of methoxy groups -OCH3 is 1. The van der Waals surface area contributed by atoms with Crippen LogP contribution in [0.2, 0.25) is 5.02 Å². The highest BCUT2D eigenvalue weighted by Gasteiger charge is 2.21. The van der Waals surface area contributed by atoms with Crippen LogP contribution < -0.4 is 11.2 Å². The molecule has 0 spiro atoms. The first-order chi connectivity index (χ1) is 13.4. The third-order valence-electron chi connectivity index (χ3n) is 4.56. The number of nitrogens with zero attached hydrogens (tertiary/aromatic N) is 3. The molecule has 0 bridgehead atoms. The maximum atomic E-state index is 12.7. The molecule has 4 rings (SSSR count). The van der Waals surface area contributed by atoms with E-state index in [-0.39, 0.29) is 11.4 Å². The second-order valence-electron chi connectivity index (χ2n) is 6.19. The van der Waals surface area contributed by atoms with Gasteiger partial charge in [-0.1, -0.05) is 23.7 Å². The minimum absolute atomic E-state index is 0.185. The molecular formula is C20H14ClN3O4. The maximum Gasteiger partial charge on any atom is 0.352 e. The van der Waals surface area contributed by atoms with Crippen LogP contribution in [0.3, 0.4) is 0 Å². The molecule has 7 nitrogen and oxygen atoms in total. The van der Waals surface area contributed by atoms with Gasteiger partial charge in [0, 0.05) is 23.1 Å². The standard InChI is InChI=1S/C20H14ClN3O4/c1-23-18(25)14-10-13-15(21)7-4-8-16(13)24(17(14)22-20(23)27)12-6-3-5-11(9-12)19(26)28-2/h3-10H,1-2H3. The molecule has 0 aliphatic carbocycles. The Morgan fingerprint density at radius 2 is 1.86 bits per heavy atom. The lowest BCUT2D eigenvalue weighted by Gasteiger charge is -2.19. The van der Waals surface area contributed by atoms with E-state index in [1.165, 1.54) is 14.2 Å². The number of aromatic nitrogens is 3. The highest BCUT2D eigenvalue weighted by Crippen LogP contribution is 2.31. The lowest BCUT2D eigenvalue weighted by Crippen LogP contribution is -2.35. The normalized spacial score (nSPS) is 11.1. The Hall–Kier alpha value is -3.45. The van der Waals surface area contributed by atoms with Crippen molar-refractivity contribution >= 4 is 28.5 Å². The zero-order valence-corrected chi connectivity index (χ0v) is 15.7. The second kappa shape index (κ2) is 6.61. The summed E-state index contributed by atoms with van der Waals surface area (Å²) in [5, 5.41) is 1.07. The molecule has 0 atom stereocenters. The van der Waals surface area contributed by atoms with E-state index in [2.05, 4.69) is 4.98 Å². The highest BCUT2D eigenvalue weighted by molar-refractivity contribution is 6.35. The molecule has 2 aromatic carbocycles. The minimum Gasteiger partial charge on any atom is -0.465 e. The number of halogens is 1. The number of hydrogen-bond donors (Lipinski definition) is 0. The van der Waals surface area contributed by atoms with E-state index >= 15 is 0 Å². The number of carbonyl (C=O) groups is 1. The van der Waals surface area contributed by atoms with Gasteiger partial charge in [0.15, 0.2) is 5.82 Å². The number of pyridine rings is 1. The Morgan fingerprint density at radius 1 is 1.11 bits per heavy atom. The van der Waals surface area contributed by atoms with Crippen LogP contribution in [-0.4, -0.2) is 27.2 Å². The van der Waals surface area contributed by atoms with Crippen molar-refractivity contribution in [1.82, 2.24) is 14.1 Å². The smallest absolute Gasteiger partial charge is 0.352 e. The van der Waals surface area contributed by atoms with E-state index in [0.717, 1.165) is 4.57 Å². The van der Waals surface area contributed by atoms with Crippen molar-refractivity contribution in [2.75, 3.05) is 7.11 Å². The predicted molar refractivity (Wildman–Crippen MR) is 106 cm³/mol. The molecule has 0 radical (unpaired) electrons. The van der Waals surface area contributed by atoms with Crippen LogP contribution >= 0.6 is 11.6 Å². The molecule has 28 heavy (non-hydrogen) atoms. The van der Waals surface area contributed by atoms with Crippen molar-refractivity contribution in [3.8, 4) is 17.1 Å². The SMILES string of the molecule is COC(=O)c1cccc(-n2c3nc(=O)n(C)c(=O)c-3cc3c(Cl)cccc32)c1. The Balaban J connectivity index is 2.20. The van der Waals surface area contributed by atoms with E-state index in [0.29, 0.717) is 27.2 Å². The fraction of sp³-hybridized carbons (Fsp3) is 0.100. The van der Waals surface area contributed by atoms with Crippen molar-refractivity contribution in [3.63, 3.8) is 0 Å². The fourth-order valence-corrected chi connectivity index (χ4v) is 3.38. The van der Waals surface area contributed by atoms with Gasteiger partial charge in [-0.05, 0) is 36.4 Å². The molecule has 0 saturated heterocycles. The van der Waals surface area contributed by atoms with Crippen molar-refractivity contribution < 1.29 is 9.53 Å². The van der Waals surface area contributed by atoms with Gasteiger partial charge in [-0.15, -0.1) is 0 Å². The molecule has 2 aliphatic heterocycles. The molecule has 2 aromatic rings. The van der Waals surface area contributed by atoms with E-state index < -0.39 is 17.2 Å². The number of fused-ring (bicyclic) bond motifs is 2. The molecule has 8 heteroatoms. The minimum atomic E-state index is -0.670. The van der Waals surface area contributed by atoms with E-state index in [1.54, 1.807) is 53.1 Å². The Labute approximate surface area is 163 Å². The van der Waals surface area contributed by atoms with Crippen LogP contribution in [0, 0.1) is 0 Å². The highest BCUT2D eigenvalue weighted by atomic mass is 35.5. The summed E-state index contributed by atoms with van der Waals surface area (Å²) in [4.78, 5) is 41.0. The van der Waals surface area contributed by atoms with E-state index in [1.807, 2.05) is 0 Å². The van der Waals surface area contributed by atoms with E-state index in [9.17, 15) is 14.4 Å². The average Bonchev–Trinajstić information content (AvgIpc) is 2.71. The third kappa shape index (κ3) is 2.68. The quantitative estimate of drug-likeness (QED) is 0.385. The molecule has 2 heterocycles. The van der Waals surface area contributed by atoms with Crippen LogP contribution in [0.1, 0.15) is 10.4 Å². The van der Waals surface area contributed by atoms with Crippen LogP contribution in [0.4, 0.5) is 0 Å². The van der Waals surface area contributed by atoms with Crippen LogP contribution in [0.5, 0.6) is 0 Å². The Kier molecular flexibility index (Phi) is 4.24. The summed E-state index contributed by atoms with van der Waals surface area (Å²) in [6.45, 7) is 0. The molecule has 0 unspecified atom stereocenters. The molecule has 2 aliphatic rings. The Morgan fingerprint density at radius 3 is 2.61 bits per heavy atom. The molecule has 0 aromatic heterocycles. The summed E-state index contributed by atoms with van der Waals surface area (Å²) in [5.41, 5.74) is 0.603. The average molecular weight is 396 g/mol. The van der Waals surface area contributed by atoms with Gasteiger partial charge in [-0.25, -0.2) is 9.59 Å². The van der Waals surface area contributed by atoms with Crippen molar-refractivity contribution in [2.45, 2.75) is 0 Å². The second-order valence-corrected chi connectivity index (χ2v) is 6.60. The van der Waals surface area contributed by atoms with Crippen molar-refractivity contribution in [3.05, 3.63) is 80.0 Å². The molecule has 140 valence electrons. The molecule has 0 saturated carbocycles. The summed E-state index contributed by atoms with van der Waals surface area (Å²) >= 11 is 6.37. The summed E-state index contributed by atoms with van der Waals surface area (Å²) in [6.07, 6.45) is 0. The summed E-state index contributed by atoms with van der Waals surface area (Å²) in [7, 11) is 2.67. The van der Waals surface area contributed by atoms with Crippen molar-refractivity contribution in [1.29, 1.82) is 0 Å². The summed E-state index contributed by atoms with van der Waals surface area (Å²) in [5.74, 6) is -0.316. The van der Waals surface area contributed by atoms with Crippen LogP contribution in [0.25, 0.3) is 28.0 Å². The van der Waals surface area contributed by atoms with Gasteiger partial charge in [0.2, 0.25) is 0 Å². The lowest BCUT2D eigenvalue weighted by molar-refractivity contribution is 0.0600. The lowest BCUT2D eigenvalue weighted by atomic mass is 10.1. The first kappa shape index (κ1) is 17.9.